The van der Waals surface area contributed by atoms with Crippen LogP contribution in [0, 0.1) is 13.8 Å². The molecule has 196 valence electrons. The quantitative estimate of drug-likeness (QED) is 0.229. The van der Waals surface area contributed by atoms with E-state index in [0.29, 0.717) is 16.7 Å². The predicted molar refractivity (Wildman–Crippen MR) is 141 cm³/mol. The Balaban J connectivity index is 1.98. The van der Waals surface area contributed by atoms with Gasteiger partial charge in [0.25, 0.3) is 10.1 Å². The van der Waals surface area contributed by atoms with Crippen LogP contribution >= 0.6 is 0 Å². The van der Waals surface area contributed by atoms with Crippen LogP contribution in [0.1, 0.15) is 57.4 Å². The van der Waals surface area contributed by atoms with E-state index in [9.17, 15) is 18.0 Å². The fourth-order valence-electron chi connectivity index (χ4n) is 3.35. The van der Waals surface area contributed by atoms with Crippen LogP contribution < -0.4 is 14.8 Å². The molecule has 0 saturated carbocycles. The summed E-state index contributed by atoms with van der Waals surface area (Å²) in [5, 5.41) is 3.15. The van der Waals surface area contributed by atoms with E-state index in [1.54, 1.807) is 54.6 Å². The smallest absolute Gasteiger partial charge is 0.343 e. The molecule has 0 fully saturated rings. The van der Waals surface area contributed by atoms with Crippen LogP contribution in [0.15, 0.2) is 66.7 Å². The SMILES string of the molecule is Cc1ccc(C(=O)Oc2ccc(C(CNC(C)C)OS(C)(=O)=O)cc2OC(=O)c2ccc(C)cc2)cc1. The first kappa shape index (κ1) is 28.0. The number of nitrogens with one attached hydrogen (secondary N) is 1. The number of benzene rings is 3. The van der Waals surface area contributed by atoms with Gasteiger partial charge in [-0.05, 0) is 55.8 Å². The zero-order valence-electron chi connectivity index (χ0n) is 21.5. The van der Waals surface area contributed by atoms with Crippen LogP contribution in [0.2, 0.25) is 0 Å². The van der Waals surface area contributed by atoms with E-state index in [1.165, 1.54) is 12.1 Å². The average Bonchev–Trinajstić information content (AvgIpc) is 2.82. The van der Waals surface area contributed by atoms with E-state index >= 15 is 0 Å². The van der Waals surface area contributed by atoms with Gasteiger partial charge >= 0.3 is 11.9 Å². The number of carbonyl (C=O) groups excluding carboxylic acids is 2. The third-order valence-electron chi connectivity index (χ3n) is 5.32. The summed E-state index contributed by atoms with van der Waals surface area (Å²) in [6.07, 6.45) is 0.0573. The van der Waals surface area contributed by atoms with Crippen molar-refractivity contribution in [3.8, 4) is 11.5 Å². The monoisotopic (exact) mass is 525 g/mol. The molecule has 0 amide bonds. The molecule has 1 N–H and O–H groups in total. The molecule has 1 unspecified atom stereocenters. The number of carbonyl (C=O) groups is 2. The highest BCUT2D eigenvalue weighted by Gasteiger charge is 2.23. The molecule has 0 bridgehead atoms. The molecular formula is C28H31NO7S. The van der Waals surface area contributed by atoms with Gasteiger partial charge in [0, 0.05) is 12.6 Å². The van der Waals surface area contributed by atoms with Crippen molar-refractivity contribution in [3.63, 3.8) is 0 Å². The number of hydrogen-bond donors (Lipinski definition) is 1. The van der Waals surface area contributed by atoms with Gasteiger partial charge in [-0.3, -0.25) is 4.18 Å². The van der Waals surface area contributed by atoms with Crippen LogP contribution in [0.5, 0.6) is 11.5 Å². The zero-order valence-corrected chi connectivity index (χ0v) is 22.3. The summed E-state index contributed by atoms with van der Waals surface area (Å²) in [5.74, 6) is -1.34. The molecule has 3 aromatic rings. The lowest BCUT2D eigenvalue weighted by Gasteiger charge is -2.20. The summed E-state index contributed by atoms with van der Waals surface area (Å²) in [6.45, 7) is 7.81. The third-order valence-corrected chi connectivity index (χ3v) is 5.90. The number of aryl methyl sites for hydroxylation is 2. The summed E-state index contributed by atoms with van der Waals surface area (Å²) in [6, 6.07) is 18.2. The Labute approximate surface area is 217 Å². The van der Waals surface area contributed by atoms with Crippen LogP contribution in [0.4, 0.5) is 0 Å². The normalized spacial score (nSPS) is 12.3. The minimum Gasteiger partial charge on any atom is -0.419 e. The summed E-state index contributed by atoms with van der Waals surface area (Å²) in [4.78, 5) is 25.7. The lowest BCUT2D eigenvalue weighted by molar-refractivity contribution is 0.0681. The molecule has 0 spiro atoms. The van der Waals surface area contributed by atoms with Gasteiger partial charge in [-0.25, -0.2) is 9.59 Å². The van der Waals surface area contributed by atoms with Crippen molar-refractivity contribution in [2.24, 2.45) is 0 Å². The van der Waals surface area contributed by atoms with Crippen LogP contribution in [-0.2, 0) is 14.3 Å². The summed E-state index contributed by atoms with van der Waals surface area (Å²) in [7, 11) is -3.80. The van der Waals surface area contributed by atoms with Gasteiger partial charge in [-0.15, -0.1) is 0 Å². The van der Waals surface area contributed by atoms with Gasteiger partial charge in [-0.1, -0.05) is 55.3 Å². The van der Waals surface area contributed by atoms with Crippen LogP contribution in [-0.4, -0.2) is 39.2 Å². The number of esters is 2. The molecule has 1 atom stereocenters. The lowest BCUT2D eigenvalue weighted by Crippen LogP contribution is -2.30. The van der Waals surface area contributed by atoms with Crippen molar-refractivity contribution in [2.45, 2.75) is 39.8 Å². The molecule has 0 heterocycles. The molecule has 0 saturated heterocycles. The molecule has 3 aromatic carbocycles. The van der Waals surface area contributed by atoms with Crippen LogP contribution in [0.3, 0.4) is 0 Å². The Morgan fingerprint density at radius 1 is 0.784 bits per heavy atom. The van der Waals surface area contributed by atoms with Crippen molar-refractivity contribution in [1.29, 1.82) is 0 Å². The van der Waals surface area contributed by atoms with E-state index in [2.05, 4.69) is 5.32 Å². The van der Waals surface area contributed by atoms with E-state index < -0.39 is 28.2 Å². The average molecular weight is 526 g/mol. The van der Waals surface area contributed by atoms with E-state index in [1.807, 2.05) is 27.7 Å². The van der Waals surface area contributed by atoms with Gasteiger partial charge in [0.05, 0.1) is 17.4 Å². The molecule has 37 heavy (non-hydrogen) atoms. The van der Waals surface area contributed by atoms with Crippen molar-refractivity contribution in [3.05, 3.63) is 94.5 Å². The van der Waals surface area contributed by atoms with Gasteiger partial charge in [0.2, 0.25) is 0 Å². The molecule has 0 aliphatic rings. The fourth-order valence-corrected chi connectivity index (χ4v) is 3.95. The van der Waals surface area contributed by atoms with Crippen molar-refractivity contribution < 1.29 is 31.7 Å². The van der Waals surface area contributed by atoms with Crippen molar-refractivity contribution in [1.82, 2.24) is 5.32 Å². The fraction of sp³-hybridized carbons (Fsp3) is 0.286. The number of rotatable bonds is 10. The lowest BCUT2D eigenvalue weighted by atomic mass is 10.1. The standard InChI is InChI=1S/C28H31NO7S/c1-18(2)29-17-26(36-37(5,32)33)23-14-15-24(34-27(30)21-10-6-19(3)7-11-21)25(16-23)35-28(31)22-12-8-20(4)9-13-22/h6-16,18,26,29H,17H2,1-5H3. The Bertz CT molecular complexity index is 1350. The maximum Gasteiger partial charge on any atom is 0.343 e. The van der Waals surface area contributed by atoms with Gasteiger partial charge < -0.3 is 14.8 Å². The molecule has 0 aliphatic carbocycles. The zero-order chi connectivity index (χ0) is 27.2. The molecule has 0 aromatic heterocycles. The minimum absolute atomic E-state index is 0.00436. The first-order chi connectivity index (χ1) is 17.4. The first-order valence-corrected chi connectivity index (χ1v) is 13.6. The van der Waals surface area contributed by atoms with E-state index in [-0.39, 0.29) is 24.1 Å². The second kappa shape index (κ2) is 12.1. The topological polar surface area (TPSA) is 108 Å². The Hall–Kier alpha value is -3.53. The van der Waals surface area contributed by atoms with Gasteiger partial charge in [0.15, 0.2) is 11.5 Å². The highest BCUT2D eigenvalue weighted by atomic mass is 32.2. The number of ether oxygens (including phenoxy) is 2. The van der Waals surface area contributed by atoms with Gasteiger partial charge in [0.1, 0.15) is 6.10 Å². The maximum absolute atomic E-state index is 12.9. The highest BCUT2D eigenvalue weighted by molar-refractivity contribution is 7.86. The predicted octanol–water partition coefficient (Wildman–Crippen LogP) is 4.76. The van der Waals surface area contributed by atoms with Crippen molar-refractivity contribution >= 4 is 22.1 Å². The van der Waals surface area contributed by atoms with E-state index in [0.717, 1.165) is 17.4 Å². The molecule has 3 rings (SSSR count). The van der Waals surface area contributed by atoms with E-state index in [4.69, 9.17) is 13.7 Å². The summed E-state index contributed by atoms with van der Waals surface area (Å²) < 4.78 is 40.3. The molecule has 0 aliphatic heterocycles. The second-order valence-electron chi connectivity index (χ2n) is 9.07. The Morgan fingerprint density at radius 3 is 1.73 bits per heavy atom. The molecule has 0 radical (unpaired) electrons. The molecular weight excluding hydrogens is 494 g/mol. The van der Waals surface area contributed by atoms with Crippen molar-refractivity contribution in [2.75, 3.05) is 12.8 Å². The summed E-state index contributed by atoms with van der Waals surface area (Å²) in [5.41, 5.74) is 3.01. The summed E-state index contributed by atoms with van der Waals surface area (Å²) >= 11 is 0. The first-order valence-electron chi connectivity index (χ1n) is 11.7. The molecule has 9 heteroatoms. The third kappa shape index (κ3) is 8.52. The van der Waals surface area contributed by atoms with Crippen LogP contribution in [0.25, 0.3) is 0 Å². The molecule has 8 nitrogen and oxygen atoms in total. The van der Waals surface area contributed by atoms with Gasteiger partial charge in [-0.2, -0.15) is 8.42 Å². The Morgan fingerprint density at radius 2 is 1.27 bits per heavy atom. The largest absolute Gasteiger partial charge is 0.419 e. The Kier molecular flexibility index (Phi) is 9.20. The second-order valence-corrected chi connectivity index (χ2v) is 10.7. The minimum atomic E-state index is -3.80. The highest BCUT2D eigenvalue weighted by Crippen LogP contribution is 2.33. The maximum atomic E-state index is 12.9. The number of hydrogen-bond acceptors (Lipinski definition) is 8.